The van der Waals surface area contributed by atoms with Crippen molar-refractivity contribution in [3.63, 3.8) is 0 Å². The van der Waals surface area contributed by atoms with E-state index in [2.05, 4.69) is 10.5 Å². The highest BCUT2D eigenvalue weighted by atomic mass is 16.3. The number of nitroso groups, excluding NO2 is 1. The summed E-state index contributed by atoms with van der Waals surface area (Å²) in [6.45, 7) is 0.841. The molecular weight excluding hydrogens is 168 g/mol. The highest BCUT2D eigenvalue weighted by Gasteiger charge is 2.01. The van der Waals surface area contributed by atoms with E-state index in [-0.39, 0.29) is 11.4 Å². The van der Waals surface area contributed by atoms with Crippen molar-refractivity contribution >= 4 is 5.69 Å². The van der Waals surface area contributed by atoms with Gasteiger partial charge in [-0.1, -0.05) is 6.07 Å². The van der Waals surface area contributed by atoms with Gasteiger partial charge in [0.2, 0.25) is 0 Å². The molecule has 1 aromatic carbocycles. The van der Waals surface area contributed by atoms with E-state index in [9.17, 15) is 10.0 Å². The number of aromatic hydroxyl groups is 1. The smallest absolute Gasteiger partial charge is 0.149 e. The maximum absolute atomic E-state index is 10.1. The molecule has 0 atom stereocenters. The van der Waals surface area contributed by atoms with Gasteiger partial charge in [-0.3, -0.25) is 0 Å². The van der Waals surface area contributed by atoms with E-state index in [0.717, 1.165) is 18.5 Å². The first-order valence-corrected chi connectivity index (χ1v) is 4.07. The van der Waals surface area contributed by atoms with Crippen LogP contribution in [0.25, 0.3) is 0 Å². The van der Waals surface area contributed by atoms with Crippen LogP contribution >= 0.6 is 0 Å². The molecule has 0 heterocycles. The van der Waals surface area contributed by atoms with Crippen LogP contribution in [-0.2, 0) is 6.42 Å². The van der Waals surface area contributed by atoms with E-state index < -0.39 is 0 Å². The number of phenolic OH excluding ortho intramolecular Hbond substituents is 1. The van der Waals surface area contributed by atoms with Gasteiger partial charge in [-0.05, 0) is 42.9 Å². The van der Waals surface area contributed by atoms with Crippen LogP contribution in [0.1, 0.15) is 5.56 Å². The molecule has 2 N–H and O–H groups in total. The van der Waals surface area contributed by atoms with Crippen molar-refractivity contribution in [2.45, 2.75) is 6.42 Å². The fourth-order valence-electron chi connectivity index (χ4n) is 1.07. The molecular formula is C9H12N2O2. The Hall–Kier alpha value is -1.42. The lowest BCUT2D eigenvalue weighted by Crippen LogP contribution is -2.10. The molecule has 0 aliphatic heterocycles. The summed E-state index contributed by atoms with van der Waals surface area (Å²) < 4.78 is 0. The molecule has 0 saturated carbocycles. The topological polar surface area (TPSA) is 61.7 Å². The van der Waals surface area contributed by atoms with E-state index in [0.29, 0.717) is 0 Å². The second kappa shape index (κ2) is 4.57. The third-order valence-electron chi connectivity index (χ3n) is 1.80. The van der Waals surface area contributed by atoms with Crippen LogP contribution in [0.5, 0.6) is 5.75 Å². The second-order valence-electron chi connectivity index (χ2n) is 2.77. The Labute approximate surface area is 76.6 Å². The zero-order chi connectivity index (χ0) is 9.68. The summed E-state index contributed by atoms with van der Waals surface area (Å²) in [4.78, 5) is 10.1. The van der Waals surface area contributed by atoms with Crippen LogP contribution in [0.4, 0.5) is 5.69 Å². The first kappa shape index (κ1) is 9.67. The lowest BCUT2D eigenvalue weighted by atomic mass is 10.1. The van der Waals surface area contributed by atoms with Crippen molar-refractivity contribution in [1.29, 1.82) is 0 Å². The molecule has 0 aliphatic carbocycles. The maximum atomic E-state index is 10.1. The molecule has 1 rings (SSSR count). The van der Waals surface area contributed by atoms with Gasteiger partial charge in [-0.15, -0.1) is 4.91 Å². The number of benzene rings is 1. The van der Waals surface area contributed by atoms with Crippen LogP contribution in [0, 0.1) is 4.91 Å². The molecule has 0 aromatic heterocycles. The molecule has 0 radical (unpaired) electrons. The summed E-state index contributed by atoms with van der Waals surface area (Å²) in [5, 5.41) is 14.9. The minimum Gasteiger partial charge on any atom is -0.506 e. The summed E-state index contributed by atoms with van der Waals surface area (Å²) in [6, 6.07) is 4.87. The Balaban J connectivity index is 2.77. The summed E-state index contributed by atoms with van der Waals surface area (Å²) in [7, 11) is 1.86. The van der Waals surface area contributed by atoms with Gasteiger partial charge in [0.25, 0.3) is 0 Å². The van der Waals surface area contributed by atoms with Gasteiger partial charge in [0, 0.05) is 0 Å². The number of nitrogens with zero attached hydrogens (tertiary/aromatic N) is 1. The highest BCUT2D eigenvalue weighted by molar-refractivity contribution is 5.52. The molecule has 0 spiro atoms. The van der Waals surface area contributed by atoms with E-state index in [1.165, 1.54) is 6.07 Å². The lowest BCUT2D eigenvalue weighted by Gasteiger charge is -2.01. The standard InChI is InChI=1S/C9H12N2O2/c1-10-5-4-7-2-3-8(11-13)9(12)6-7/h2-3,6,10,12H,4-5H2,1H3. The minimum absolute atomic E-state index is 0.0522. The third-order valence-corrected chi connectivity index (χ3v) is 1.80. The Morgan fingerprint density at radius 2 is 2.31 bits per heavy atom. The molecule has 1 aromatic rings. The third kappa shape index (κ3) is 2.52. The van der Waals surface area contributed by atoms with Crippen molar-refractivity contribution < 1.29 is 5.11 Å². The lowest BCUT2D eigenvalue weighted by molar-refractivity contribution is 0.476. The van der Waals surface area contributed by atoms with Gasteiger partial charge in [0.1, 0.15) is 11.4 Å². The van der Waals surface area contributed by atoms with Crippen molar-refractivity contribution in [2.24, 2.45) is 5.18 Å². The molecule has 4 heteroatoms. The number of rotatable bonds is 4. The van der Waals surface area contributed by atoms with Crippen molar-refractivity contribution in [3.05, 3.63) is 28.7 Å². The molecule has 0 bridgehead atoms. The molecule has 0 aliphatic rings. The average Bonchev–Trinajstić information content (AvgIpc) is 2.15. The van der Waals surface area contributed by atoms with Crippen molar-refractivity contribution in [2.75, 3.05) is 13.6 Å². The normalized spacial score (nSPS) is 9.92. The van der Waals surface area contributed by atoms with Crippen molar-refractivity contribution in [1.82, 2.24) is 5.32 Å². The number of hydrogen-bond acceptors (Lipinski definition) is 4. The van der Waals surface area contributed by atoms with Gasteiger partial charge in [0.05, 0.1) is 0 Å². The first-order valence-electron chi connectivity index (χ1n) is 4.07. The quantitative estimate of drug-likeness (QED) is 0.691. The summed E-state index contributed by atoms with van der Waals surface area (Å²) in [6.07, 6.45) is 0.823. The number of nitrogens with one attached hydrogen (secondary N) is 1. The molecule has 13 heavy (non-hydrogen) atoms. The largest absolute Gasteiger partial charge is 0.506 e. The zero-order valence-electron chi connectivity index (χ0n) is 7.45. The Kier molecular flexibility index (Phi) is 3.40. The highest BCUT2D eigenvalue weighted by Crippen LogP contribution is 2.26. The van der Waals surface area contributed by atoms with E-state index in [4.69, 9.17) is 0 Å². The zero-order valence-corrected chi connectivity index (χ0v) is 7.45. The Bertz CT molecular complexity index is 300. The van der Waals surface area contributed by atoms with Crippen LogP contribution in [0.15, 0.2) is 23.4 Å². The number of phenols is 1. The molecule has 0 unspecified atom stereocenters. The second-order valence-corrected chi connectivity index (χ2v) is 2.77. The summed E-state index contributed by atoms with van der Waals surface area (Å²) >= 11 is 0. The average molecular weight is 180 g/mol. The number of likely N-dealkylation sites (N-methyl/N-ethyl adjacent to an activating group) is 1. The number of hydrogen-bond donors (Lipinski definition) is 2. The van der Waals surface area contributed by atoms with Crippen LogP contribution in [-0.4, -0.2) is 18.7 Å². The monoisotopic (exact) mass is 180 g/mol. The van der Waals surface area contributed by atoms with Crippen LogP contribution in [0.2, 0.25) is 0 Å². The van der Waals surface area contributed by atoms with E-state index in [1.807, 2.05) is 7.05 Å². The van der Waals surface area contributed by atoms with Gasteiger partial charge in [0.15, 0.2) is 0 Å². The fraction of sp³-hybridized carbons (Fsp3) is 0.333. The van der Waals surface area contributed by atoms with Gasteiger partial charge >= 0.3 is 0 Å². The van der Waals surface area contributed by atoms with Crippen LogP contribution < -0.4 is 5.32 Å². The van der Waals surface area contributed by atoms with E-state index >= 15 is 0 Å². The maximum Gasteiger partial charge on any atom is 0.149 e. The van der Waals surface area contributed by atoms with Crippen molar-refractivity contribution in [3.8, 4) is 5.75 Å². The van der Waals surface area contributed by atoms with Gasteiger partial charge < -0.3 is 10.4 Å². The molecule has 0 amide bonds. The summed E-state index contributed by atoms with van der Waals surface area (Å²) in [5.74, 6) is -0.0522. The summed E-state index contributed by atoms with van der Waals surface area (Å²) in [5.41, 5.74) is 1.08. The molecule has 4 nitrogen and oxygen atoms in total. The predicted molar refractivity (Wildman–Crippen MR) is 51.2 cm³/mol. The Morgan fingerprint density at radius 3 is 2.85 bits per heavy atom. The van der Waals surface area contributed by atoms with Gasteiger partial charge in [-0.2, -0.15) is 0 Å². The molecule has 0 saturated heterocycles. The van der Waals surface area contributed by atoms with Gasteiger partial charge in [-0.25, -0.2) is 0 Å². The minimum atomic E-state index is -0.0522. The SMILES string of the molecule is CNCCc1ccc(N=O)c(O)c1. The first-order chi connectivity index (χ1) is 6.27. The fourth-order valence-corrected chi connectivity index (χ4v) is 1.07. The molecule has 0 fully saturated rings. The predicted octanol–water partition coefficient (Wildman–Crippen LogP) is 1.55. The van der Waals surface area contributed by atoms with Crippen LogP contribution in [0.3, 0.4) is 0 Å². The Morgan fingerprint density at radius 1 is 1.54 bits per heavy atom. The van der Waals surface area contributed by atoms with E-state index in [1.54, 1.807) is 12.1 Å². The molecule has 70 valence electrons.